The third kappa shape index (κ3) is 7.40. The van der Waals surface area contributed by atoms with Gasteiger partial charge >= 0.3 is 0 Å². The molecule has 5 nitrogen and oxygen atoms in total. The first-order valence-corrected chi connectivity index (χ1v) is 9.90. The number of nitrogens with zero attached hydrogens (tertiary/aromatic N) is 3. The van der Waals surface area contributed by atoms with Crippen molar-refractivity contribution in [2.45, 2.75) is 39.5 Å². The first-order valence-electron chi connectivity index (χ1n) is 9.90. The fraction of sp³-hybridized carbons (Fsp3) is 0.524. The Balaban J connectivity index is 1.55. The lowest BCUT2D eigenvalue weighted by Crippen LogP contribution is -2.33. The average Bonchev–Trinajstić information content (AvgIpc) is 2.70. The van der Waals surface area contributed by atoms with Crippen LogP contribution in [0.15, 0.2) is 42.6 Å². The molecule has 0 aliphatic rings. The molecule has 0 fully saturated rings. The molecule has 2 aromatic heterocycles. The van der Waals surface area contributed by atoms with E-state index in [-0.39, 0.29) is 0 Å². The largest absolute Gasteiger partial charge is 0.370 e. The number of anilines is 2. The molecule has 2 N–H and O–H groups in total. The highest BCUT2D eigenvalue weighted by Gasteiger charge is 2.05. The minimum absolute atomic E-state index is 0.970. The van der Waals surface area contributed by atoms with Gasteiger partial charge < -0.3 is 15.5 Å². The number of nitrogens with one attached hydrogen (secondary N) is 2. The molecule has 0 aliphatic heterocycles. The summed E-state index contributed by atoms with van der Waals surface area (Å²) in [4.78, 5) is 11.4. The lowest BCUT2D eigenvalue weighted by Gasteiger charge is -2.23. The Labute approximate surface area is 158 Å². The van der Waals surface area contributed by atoms with Gasteiger partial charge in [0.15, 0.2) is 0 Å². The standard InChI is InChI=1S/C21H33N5/c1-3-17-26(21-12-5-6-15-24-21)18-16-22-13-7-8-14-23-20-11-9-10-19(4-2)25-20/h5-6,9-12,15,22H,3-4,7-8,13-14,16-18H2,1-2H3,(H,23,25). The van der Waals surface area contributed by atoms with Crippen molar-refractivity contribution in [3.05, 3.63) is 48.3 Å². The molecule has 0 radical (unpaired) electrons. The van der Waals surface area contributed by atoms with Crippen molar-refractivity contribution >= 4 is 11.6 Å². The van der Waals surface area contributed by atoms with Crippen molar-refractivity contribution in [1.82, 2.24) is 15.3 Å². The van der Waals surface area contributed by atoms with Crippen LogP contribution in [0, 0.1) is 0 Å². The van der Waals surface area contributed by atoms with Gasteiger partial charge in [-0.1, -0.05) is 26.0 Å². The van der Waals surface area contributed by atoms with E-state index in [0.717, 1.165) is 75.7 Å². The van der Waals surface area contributed by atoms with Crippen LogP contribution in [0.5, 0.6) is 0 Å². The van der Waals surface area contributed by atoms with Gasteiger partial charge in [0.2, 0.25) is 0 Å². The molecule has 5 heteroatoms. The number of aryl methyl sites for hydroxylation is 1. The van der Waals surface area contributed by atoms with E-state index < -0.39 is 0 Å². The predicted octanol–water partition coefficient (Wildman–Crippen LogP) is 3.74. The van der Waals surface area contributed by atoms with Crippen LogP contribution in [0.2, 0.25) is 0 Å². The highest BCUT2D eigenvalue weighted by molar-refractivity contribution is 5.37. The molecular weight excluding hydrogens is 322 g/mol. The van der Waals surface area contributed by atoms with Crippen LogP contribution < -0.4 is 15.5 Å². The minimum Gasteiger partial charge on any atom is -0.370 e. The van der Waals surface area contributed by atoms with E-state index >= 15 is 0 Å². The van der Waals surface area contributed by atoms with Crippen LogP contribution in [0.25, 0.3) is 0 Å². The smallest absolute Gasteiger partial charge is 0.128 e. The molecule has 0 amide bonds. The Morgan fingerprint density at radius 1 is 0.923 bits per heavy atom. The summed E-state index contributed by atoms with van der Waals surface area (Å²) < 4.78 is 0. The first kappa shape index (κ1) is 20.2. The van der Waals surface area contributed by atoms with Crippen LogP contribution in [-0.2, 0) is 6.42 Å². The van der Waals surface area contributed by atoms with Crippen LogP contribution in [0.1, 0.15) is 38.8 Å². The summed E-state index contributed by atoms with van der Waals surface area (Å²) in [5.41, 5.74) is 1.14. The summed E-state index contributed by atoms with van der Waals surface area (Å²) in [6, 6.07) is 12.3. The van der Waals surface area contributed by atoms with Gasteiger partial charge in [0.25, 0.3) is 0 Å². The molecule has 0 saturated heterocycles. The summed E-state index contributed by atoms with van der Waals surface area (Å²) in [5, 5.41) is 6.96. The van der Waals surface area contributed by atoms with E-state index in [2.05, 4.69) is 63.6 Å². The summed E-state index contributed by atoms with van der Waals surface area (Å²) in [7, 11) is 0. The summed E-state index contributed by atoms with van der Waals surface area (Å²) >= 11 is 0. The lowest BCUT2D eigenvalue weighted by atomic mass is 10.3. The predicted molar refractivity (Wildman–Crippen MR) is 111 cm³/mol. The molecule has 2 rings (SSSR count). The summed E-state index contributed by atoms with van der Waals surface area (Å²) in [6.07, 6.45) is 6.29. The maximum absolute atomic E-state index is 4.57. The Hall–Kier alpha value is -2.14. The van der Waals surface area contributed by atoms with E-state index in [1.807, 2.05) is 18.3 Å². The van der Waals surface area contributed by atoms with Crippen molar-refractivity contribution in [1.29, 1.82) is 0 Å². The Bertz CT molecular complexity index is 602. The molecule has 2 heterocycles. The highest BCUT2D eigenvalue weighted by atomic mass is 15.2. The van der Waals surface area contributed by atoms with Crippen molar-refractivity contribution in [3.63, 3.8) is 0 Å². The third-order valence-electron chi connectivity index (χ3n) is 4.28. The number of hydrogen-bond acceptors (Lipinski definition) is 5. The maximum Gasteiger partial charge on any atom is 0.128 e. The fourth-order valence-corrected chi connectivity index (χ4v) is 2.86. The lowest BCUT2D eigenvalue weighted by molar-refractivity contribution is 0.615. The molecule has 0 aromatic carbocycles. The second kappa shape index (κ2) is 12.3. The van der Waals surface area contributed by atoms with Crippen LogP contribution >= 0.6 is 0 Å². The van der Waals surface area contributed by atoms with Gasteiger partial charge in [-0.3, -0.25) is 0 Å². The second-order valence-corrected chi connectivity index (χ2v) is 6.43. The fourth-order valence-electron chi connectivity index (χ4n) is 2.86. The van der Waals surface area contributed by atoms with Gasteiger partial charge in [-0.15, -0.1) is 0 Å². The van der Waals surface area contributed by atoms with Crippen molar-refractivity contribution in [2.24, 2.45) is 0 Å². The van der Waals surface area contributed by atoms with Gasteiger partial charge in [-0.2, -0.15) is 0 Å². The van der Waals surface area contributed by atoms with Gasteiger partial charge in [-0.25, -0.2) is 9.97 Å². The zero-order valence-corrected chi connectivity index (χ0v) is 16.2. The Kier molecular flexibility index (Phi) is 9.51. The average molecular weight is 356 g/mol. The SMILES string of the molecule is CCCN(CCNCCCCNc1cccc(CC)n1)c1ccccn1. The number of unbranched alkanes of at least 4 members (excludes halogenated alkanes) is 1. The Morgan fingerprint density at radius 3 is 2.58 bits per heavy atom. The monoisotopic (exact) mass is 355 g/mol. The number of rotatable bonds is 13. The van der Waals surface area contributed by atoms with Crippen molar-refractivity contribution < 1.29 is 0 Å². The van der Waals surface area contributed by atoms with E-state index in [1.54, 1.807) is 0 Å². The number of hydrogen-bond donors (Lipinski definition) is 2. The molecule has 2 aromatic rings. The van der Waals surface area contributed by atoms with Gasteiger partial charge in [0, 0.05) is 38.1 Å². The number of aromatic nitrogens is 2. The molecule has 0 unspecified atom stereocenters. The van der Waals surface area contributed by atoms with E-state index in [1.165, 1.54) is 0 Å². The van der Waals surface area contributed by atoms with Gasteiger partial charge in [-0.05, 0) is 56.5 Å². The summed E-state index contributed by atoms with van der Waals surface area (Å²) in [5.74, 6) is 2.06. The quantitative estimate of drug-likeness (QED) is 0.536. The molecule has 26 heavy (non-hydrogen) atoms. The molecule has 0 spiro atoms. The molecule has 0 saturated carbocycles. The second-order valence-electron chi connectivity index (χ2n) is 6.43. The van der Waals surface area contributed by atoms with E-state index in [4.69, 9.17) is 0 Å². The minimum atomic E-state index is 0.970. The zero-order chi connectivity index (χ0) is 18.5. The normalized spacial score (nSPS) is 10.7. The maximum atomic E-state index is 4.57. The van der Waals surface area contributed by atoms with Crippen molar-refractivity contribution in [2.75, 3.05) is 42.9 Å². The molecule has 0 bridgehead atoms. The van der Waals surface area contributed by atoms with Crippen molar-refractivity contribution in [3.8, 4) is 0 Å². The van der Waals surface area contributed by atoms with E-state index in [0.29, 0.717) is 0 Å². The van der Waals surface area contributed by atoms with Crippen LogP contribution in [0.4, 0.5) is 11.6 Å². The zero-order valence-electron chi connectivity index (χ0n) is 16.2. The van der Waals surface area contributed by atoms with E-state index in [9.17, 15) is 0 Å². The summed E-state index contributed by atoms with van der Waals surface area (Å²) in [6.45, 7) is 9.39. The van der Waals surface area contributed by atoms with Crippen LogP contribution in [-0.4, -0.2) is 42.7 Å². The topological polar surface area (TPSA) is 53.1 Å². The first-order chi connectivity index (χ1) is 12.8. The third-order valence-corrected chi connectivity index (χ3v) is 4.28. The molecule has 0 aliphatic carbocycles. The Morgan fingerprint density at radius 2 is 1.81 bits per heavy atom. The van der Waals surface area contributed by atoms with Gasteiger partial charge in [0.05, 0.1) is 0 Å². The molecule has 142 valence electrons. The van der Waals surface area contributed by atoms with Crippen LogP contribution in [0.3, 0.4) is 0 Å². The molecular formula is C21H33N5. The molecule has 0 atom stereocenters. The number of pyridine rings is 2. The highest BCUT2D eigenvalue weighted by Crippen LogP contribution is 2.09. The van der Waals surface area contributed by atoms with Gasteiger partial charge in [0.1, 0.15) is 11.6 Å².